The Bertz CT molecular complexity index is 819. The van der Waals surface area contributed by atoms with Crippen molar-refractivity contribution in [3.8, 4) is 11.6 Å². The van der Waals surface area contributed by atoms with Crippen molar-refractivity contribution >= 4 is 5.91 Å². The molecule has 0 spiro atoms. The van der Waals surface area contributed by atoms with E-state index in [1.54, 1.807) is 53.6 Å². The predicted octanol–water partition coefficient (Wildman–Crippen LogP) is 2.61. The topological polar surface area (TPSA) is 69.0 Å². The Hall–Kier alpha value is -3.22. The van der Waals surface area contributed by atoms with Crippen LogP contribution in [0.2, 0.25) is 0 Å². The number of carbonyl (C=O) groups excluding carboxylic acids is 1. The summed E-state index contributed by atoms with van der Waals surface area (Å²) in [6.07, 6.45) is 7.15. The van der Waals surface area contributed by atoms with E-state index in [-0.39, 0.29) is 11.7 Å². The minimum atomic E-state index is -0.393. The molecule has 7 heteroatoms. The molecule has 1 amide bonds. The molecule has 0 fully saturated rings. The van der Waals surface area contributed by atoms with E-state index in [9.17, 15) is 9.18 Å². The number of benzene rings is 1. The number of carbonyl (C=O) groups is 1. The molecular formula is C18H17FN4O2. The number of imidazole rings is 1. The van der Waals surface area contributed by atoms with Gasteiger partial charge >= 0.3 is 0 Å². The van der Waals surface area contributed by atoms with Gasteiger partial charge in [0.05, 0.1) is 12.2 Å². The summed E-state index contributed by atoms with van der Waals surface area (Å²) in [6.45, 7) is 0.746. The number of nitrogens with one attached hydrogen (secondary N) is 1. The first-order valence-corrected chi connectivity index (χ1v) is 7.84. The third kappa shape index (κ3) is 4.41. The number of hydrogen-bond donors (Lipinski definition) is 1. The fraction of sp³-hybridized carbons (Fsp3) is 0.167. The van der Waals surface area contributed by atoms with E-state index < -0.39 is 5.82 Å². The molecule has 1 aromatic carbocycles. The molecule has 0 bridgehead atoms. The first-order valence-electron chi connectivity index (χ1n) is 7.84. The number of nitrogens with zero attached hydrogens (tertiary/aromatic N) is 3. The summed E-state index contributed by atoms with van der Waals surface area (Å²) in [5.74, 6) is 0.298. The Morgan fingerprint density at radius 3 is 2.84 bits per heavy atom. The van der Waals surface area contributed by atoms with E-state index in [0.717, 1.165) is 0 Å². The third-order valence-electron chi connectivity index (χ3n) is 3.48. The zero-order chi connectivity index (χ0) is 17.5. The third-order valence-corrected chi connectivity index (χ3v) is 3.48. The second-order valence-electron chi connectivity index (χ2n) is 5.26. The van der Waals surface area contributed by atoms with Crippen LogP contribution in [0.15, 0.2) is 61.3 Å². The Labute approximate surface area is 144 Å². The maximum atomic E-state index is 13.4. The fourth-order valence-electron chi connectivity index (χ4n) is 2.19. The van der Waals surface area contributed by atoms with Gasteiger partial charge in [0.1, 0.15) is 12.1 Å². The molecule has 0 saturated heterocycles. The molecule has 1 N–H and O–H groups in total. The molecule has 128 valence electrons. The van der Waals surface area contributed by atoms with Gasteiger partial charge in [0.25, 0.3) is 5.91 Å². The van der Waals surface area contributed by atoms with Crippen LogP contribution < -0.4 is 10.1 Å². The average molecular weight is 340 g/mol. The van der Waals surface area contributed by atoms with Crippen molar-refractivity contribution in [1.82, 2.24) is 19.9 Å². The molecule has 0 unspecified atom stereocenters. The van der Waals surface area contributed by atoms with E-state index in [1.165, 1.54) is 12.3 Å². The number of para-hydroxylation sites is 1. The van der Waals surface area contributed by atoms with Crippen LogP contribution in [0.4, 0.5) is 4.39 Å². The summed E-state index contributed by atoms with van der Waals surface area (Å²) >= 11 is 0. The molecule has 3 rings (SSSR count). The summed E-state index contributed by atoms with van der Waals surface area (Å²) in [4.78, 5) is 20.2. The molecule has 3 aromatic rings. The van der Waals surface area contributed by atoms with Gasteiger partial charge in [-0.05, 0) is 30.7 Å². The van der Waals surface area contributed by atoms with Gasteiger partial charge in [0.2, 0.25) is 0 Å². The molecule has 2 heterocycles. The molecule has 2 aromatic heterocycles. The fourth-order valence-corrected chi connectivity index (χ4v) is 2.19. The molecule has 0 aliphatic carbocycles. The first kappa shape index (κ1) is 16.6. The number of halogens is 1. The van der Waals surface area contributed by atoms with Gasteiger partial charge in [-0.2, -0.15) is 0 Å². The van der Waals surface area contributed by atoms with Gasteiger partial charge in [0, 0.05) is 25.1 Å². The zero-order valence-electron chi connectivity index (χ0n) is 13.4. The summed E-state index contributed by atoms with van der Waals surface area (Å²) in [6, 6.07) is 9.68. The van der Waals surface area contributed by atoms with Crippen LogP contribution in [0.3, 0.4) is 0 Å². The molecule has 25 heavy (non-hydrogen) atoms. The number of rotatable bonds is 7. The summed E-state index contributed by atoms with van der Waals surface area (Å²) < 4.78 is 20.5. The normalized spacial score (nSPS) is 10.4. The number of hydrogen-bond acceptors (Lipinski definition) is 4. The predicted molar refractivity (Wildman–Crippen MR) is 90.2 cm³/mol. The van der Waals surface area contributed by atoms with Crippen LogP contribution in [0.25, 0.3) is 5.82 Å². The molecular weight excluding hydrogens is 323 g/mol. The van der Waals surface area contributed by atoms with Crippen LogP contribution in [0, 0.1) is 5.82 Å². The molecule has 0 aliphatic heterocycles. The largest absolute Gasteiger partial charge is 0.490 e. The number of aromatic nitrogens is 3. The van der Waals surface area contributed by atoms with Gasteiger partial charge in [-0.3, -0.25) is 9.36 Å². The Morgan fingerprint density at radius 2 is 2.12 bits per heavy atom. The van der Waals surface area contributed by atoms with Crippen LogP contribution in [0.5, 0.6) is 5.75 Å². The van der Waals surface area contributed by atoms with E-state index in [4.69, 9.17) is 4.74 Å². The Balaban J connectivity index is 1.43. The number of amides is 1. The monoisotopic (exact) mass is 340 g/mol. The standard InChI is InChI=1S/C18H17FN4O2/c19-15-4-1-2-5-16(15)25-11-3-8-21-18(24)14-6-7-17(22-12-14)23-10-9-20-13-23/h1-2,4-7,9-10,12-13H,3,8,11H2,(H,21,24). The highest BCUT2D eigenvalue weighted by atomic mass is 19.1. The lowest BCUT2D eigenvalue weighted by molar-refractivity contribution is 0.0951. The van der Waals surface area contributed by atoms with Gasteiger partial charge in [0.15, 0.2) is 11.6 Å². The summed E-state index contributed by atoms with van der Waals surface area (Å²) in [5, 5.41) is 2.78. The van der Waals surface area contributed by atoms with Crippen molar-refractivity contribution in [2.45, 2.75) is 6.42 Å². The van der Waals surface area contributed by atoms with Crippen molar-refractivity contribution in [1.29, 1.82) is 0 Å². The van der Waals surface area contributed by atoms with Gasteiger partial charge < -0.3 is 10.1 Å². The van der Waals surface area contributed by atoms with Crippen LogP contribution >= 0.6 is 0 Å². The minimum Gasteiger partial charge on any atom is -0.490 e. The summed E-state index contributed by atoms with van der Waals surface area (Å²) in [5.41, 5.74) is 0.471. The van der Waals surface area contributed by atoms with E-state index >= 15 is 0 Å². The smallest absolute Gasteiger partial charge is 0.252 e. The molecule has 0 aliphatic rings. The lowest BCUT2D eigenvalue weighted by Gasteiger charge is -2.08. The van der Waals surface area contributed by atoms with Crippen LogP contribution in [-0.2, 0) is 0 Å². The average Bonchev–Trinajstić information content (AvgIpc) is 3.17. The molecule has 0 radical (unpaired) electrons. The van der Waals surface area contributed by atoms with E-state index in [0.29, 0.717) is 31.0 Å². The van der Waals surface area contributed by atoms with Crippen LogP contribution in [-0.4, -0.2) is 33.6 Å². The lowest BCUT2D eigenvalue weighted by Crippen LogP contribution is -2.25. The van der Waals surface area contributed by atoms with Gasteiger partial charge in [-0.25, -0.2) is 14.4 Å². The van der Waals surface area contributed by atoms with Gasteiger partial charge in [-0.15, -0.1) is 0 Å². The maximum absolute atomic E-state index is 13.4. The Kier molecular flexibility index (Phi) is 5.36. The van der Waals surface area contributed by atoms with Crippen molar-refractivity contribution in [3.63, 3.8) is 0 Å². The van der Waals surface area contributed by atoms with Crippen molar-refractivity contribution < 1.29 is 13.9 Å². The van der Waals surface area contributed by atoms with Crippen molar-refractivity contribution in [3.05, 3.63) is 72.7 Å². The maximum Gasteiger partial charge on any atom is 0.252 e. The second kappa shape index (κ2) is 8.05. The number of pyridine rings is 1. The van der Waals surface area contributed by atoms with Crippen LogP contribution in [0.1, 0.15) is 16.8 Å². The highest BCUT2D eigenvalue weighted by Crippen LogP contribution is 2.15. The SMILES string of the molecule is O=C(NCCCOc1ccccc1F)c1ccc(-n2ccnc2)nc1. The molecule has 0 atom stereocenters. The molecule has 6 nitrogen and oxygen atoms in total. The first-order chi connectivity index (χ1) is 12.2. The molecule has 0 saturated carbocycles. The minimum absolute atomic E-state index is 0.212. The quantitative estimate of drug-likeness (QED) is 0.671. The lowest BCUT2D eigenvalue weighted by atomic mass is 10.2. The number of ether oxygens (including phenoxy) is 1. The van der Waals surface area contributed by atoms with E-state index in [2.05, 4.69) is 15.3 Å². The Morgan fingerprint density at radius 1 is 1.24 bits per heavy atom. The highest BCUT2D eigenvalue weighted by molar-refractivity contribution is 5.93. The van der Waals surface area contributed by atoms with Crippen molar-refractivity contribution in [2.24, 2.45) is 0 Å². The zero-order valence-corrected chi connectivity index (χ0v) is 13.4. The highest BCUT2D eigenvalue weighted by Gasteiger charge is 2.06. The second-order valence-corrected chi connectivity index (χ2v) is 5.26. The van der Waals surface area contributed by atoms with E-state index in [1.807, 2.05) is 0 Å². The van der Waals surface area contributed by atoms with Gasteiger partial charge in [-0.1, -0.05) is 12.1 Å². The van der Waals surface area contributed by atoms with Crippen molar-refractivity contribution in [2.75, 3.05) is 13.2 Å². The summed E-state index contributed by atoms with van der Waals surface area (Å²) in [7, 11) is 0.